The Morgan fingerprint density at radius 1 is 1.38 bits per heavy atom. The molecule has 1 aromatic carbocycles. The number of benzene rings is 1. The summed E-state index contributed by atoms with van der Waals surface area (Å²) in [5.74, 6) is 0.377. The number of carboxylic acid groups (broad SMARTS) is 1. The number of carboxylic acids is 1. The van der Waals surface area contributed by atoms with Crippen LogP contribution in [0.2, 0.25) is 0 Å². The Labute approximate surface area is 141 Å². The number of aromatic nitrogens is 2. The van der Waals surface area contributed by atoms with Crippen LogP contribution in [0.25, 0.3) is 11.4 Å². The second-order valence-corrected chi connectivity index (χ2v) is 6.78. The van der Waals surface area contributed by atoms with Gasteiger partial charge in [0.1, 0.15) is 0 Å². The number of aliphatic carboxylic acids is 1. The first-order valence-electron chi connectivity index (χ1n) is 8.32. The number of hydrogen-bond acceptors (Lipinski definition) is 5. The van der Waals surface area contributed by atoms with Crippen molar-refractivity contribution >= 4 is 5.97 Å². The number of rotatable bonds is 4. The molecule has 1 aromatic heterocycles. The predicted octanol–water partition coefficient (Wildman–Crippen LogP) is 3.15. The molecular formula is C18H23N3O3. The Morgan fingerprint density at radius 2 is 2.12 bits per heavy atom. The average Bonchev–Trinajstić information content (AvgIpc) is 3.03. The van der Waals surface area contributed by atoms with E-state index >= 15 is 0 Å². The lowest BCUT2D eigenvalue weighted by Gasteiger charge is -2.37. The fraction of sp³-hybridized carbons (Fsp3) is 0.500. The molecule has 2 heterocycles. The molecule has 0 bridgehead atoms. The number of carbonyl (C=O) groups is 1. The molecule has 1 saturated heterocycles. The van der Waals surface area contributed by atoms with Gasteiger partial charge < -0.3 is 9.63 Å². The van der Waals surface area contributed by atoms with Gasteiger partial charge >= 0.3 is 5.97 Å². The zero-order valence-electron chi connectivity index (χ0n) is 14.3. The summed E-state index contributed by atoms with van der Waals surface area (Å²) in [7, 11) is 0. The first kappa shape index (κ1) is 16.6. The molecule has 6 nitrogen and oxygen atoms in total. The van der Waals surface area contributed by atoms with E-state index in [1.807, 2.05) is 38.1 Å². The summed E-state index contributed by atoms with van der Waals surface area (Å²) >= 11 is 0. The lowest BCUT2D eigenvalue weighted by atomic mass is 9.89. The van der Waals surface area contributed by atoms with Crippen LogP contribution in [0.15, 0.2) is 28.8 Å². The Morgan fingerprint density at radius 3 is 2.83 bits per heavy atom. The summed E-state index contributed by atoms with van der Waals surface area (Å²) in [6.07, 6.45) is 0.719. The lowest BCUT2D eigenvalue weighted by Crippen LogP contribution is -2.43. The molecule has 24 heavy (non-hydrogen) atoms. The third-order valence-electron chi connectivity index (χ3n) is 4.77. The van der Waals surface area contributed by atoms with Crippen LogP contribution in [0.3, 0.4) is 0 Å². The average molecular weight is 329 g/mol. The maximum Gasteiger partial charge on any atom is 0.307 e. The van der Waals surface area contributed by atoms with Crippen molar-refractivity contribution in [3.8, 4) is 11.4 Å². The van der Waals surface area contributed by atoms with Gasteiger partial charge in [-0.05, 0) is 31.7 Å². The Hall–Kier alpha value is -2.21. The largest absolute Gasteiger partial charge is 0.481 e. The van der Waals surface area contributed by atoms with Gasteiger partial charge in [-0.1, -0.05) is 36.3 Å². The van der Waals surface area contributed by atoms with E-state index in [9.17, 15) is 9.90 Å². The van der Waals surface area contributed by atoms with Gasteiger partial charge in [-0.2, -0.15) is 4.98 Å². The van der Waals surface area contributed by atoms with Gasteiger partial charge in [0.25, 0.3) is 0 Å². The fourth-order valence-electron chi connectivity index (χ4n) is 3.38. The summed E-state index contributed by atoms with van der Waals surface area (Å²) in [4.78, 5) is 18.0. The zero-order valence-corrected chi connectivity index (χ0v) is 14.3. The molecule has 0 saturated carbocycles. The highest BCUT2D eigenvalue weighted by molar-refractivity contribution is 5.70. The second kappa shape index (κ2) is 6.73. The second-order valence-electron chi connectivity index (χ2n) is 6.78. The monoisotopic (exact) mass is 329 g/mol. The molecule has 0 amide bonds. The highest BCUT2D eigenvalue weighted by atomic mass is 16.5. The lowest BCUT2D eigenvalue weighted by molar-refractivity contribution is -0.144. The molecule has 0 spiro atoms. The third kappa shape index (κ3) is 3.33. The minimum Gasteiger partial charge on any atom is -0.481 e. The number of likely N-dealkylation sites (tertiary alicyclic amines) is 1. The highest BCUT2D eigenvalue weighted by Crippen LogP contribution is 2.30. The van der Waals surface area contributed by atoms with Crippen LogP contribution in [0.5, 0.6) is 0 Å². The van der Waals surface area contributed by atoms with E-state index in [1.165, 1.54) is 0 Å². The summed E-state index contributed by atoms with van der Waals surface area (Å²) in [5.41, 5.74) is 2.05. The van der Waals surface area contributed by atoms with Gasteiger partial charge in [0, 0.05) is 18.7 Å². The standard InChI is InChI=1S/C18H23N3O3/c1-11-8-14(18(22)23)10-21(9-11)13(3)17-19-16(20-24-17)15-7-5-4-6-12(15)2/h4-7,11,13-14H,8-10H2,1-3H3,(H,22,23). The molecular weight excluding hydrogens is 306 g/mol. The predicted molar refractivity (Wildman–Crippen MR) is 89.4 cm³/mol. The van der Waals surface area contributed by atoms with Crippen LogP contribution in [0, 0.1) is 18.8 Å². The van der Waals surface area contributed by atoms with E-state index < -0.39 is 5.97 Å². The van der Waals surface area contributed by atoms with E-state index in [0.29, 0.717) is 24.2 Å². The quantitative estimate of drug-likeness (QED) is 0.928. The van der Waals surface area contributed by atoms with Crippen molar-refractivity contribution in [3.63, 3.8) is 0 Å². The maximum absolute atomic E-state index is 11.4. The topological polar surface area (TPSA) is 79.5 Å². The van der Waals surface area contributed by atoms with Crippen molar-refractivity contribution in [1.29, 1.82) is 0 Å². The minimum atomic E-state index is -0.732. The van der Waals surface area contributed by atoms with Crippen molar-refractivity contribution in [2.45, 2.75) is 33.2 Å². The van der Waals surface area contributed by atoms with Gasteiger partial charge in [-0.25, -0.2) is 0 Å². The summed E-state index contributed by atoms with van der Waals surface area (Å²) in [6, 6.07) is 7.81. The van der Waals surface area contributed by atoms with E-state index in [4.69, 9.17) is 4.52 Å². The Bertz CT molecular complexity index is 728. The molecule has 1 N–H and O–H groups in total. The smallest absolute Gasteiger partial charge is 0.307 e. The molecule has 3 unspecified atom stereocenters. The molecule has 1 aliphatic rings. The van der Waals surface area contributed by atoms with E-state index in [-0.39, 0.29) is 12.0 Å². The number of hydrogen-bond donors (Lipinski definition) is 1. The molecule has 3 atom stereocenters. The molecule has 1 aliphatic heterocycles. The van der Waals surface area contributed by atoms with Gasteiger partial charge in [0.2, 0.25) is 11.7 Å². The van der Waals surface area contributed by atoms with Crippen molar-refractivity contribution in [3.05, 3.63) is 35.7 Å². The molecule has 128 valence electrons. The zero-order chi connectivity index (χ0) is 17.3. The molecule has 0 radical (unpaired) electrons. The van der Waals surface area contributed by atoms with E-state index in [0.717, 1.165) is 24.1 Å². The SMILES string of the molecule is Cc1ccccc1-c1noc(C(C)N2CC(C)CC(C(=O)O)C2)n1. The molecule has 0 aliphatic carbocycles. The highest BCUT2D eigenvalue weighted by Gasteiger charge is 2.33. The first-order chi connectivity index (χ1) is 11.5. The van der Waals surface area contributed by atoms with Gasteiger partial charge in [-0.3, -0.25) is 9.69 Å². The summed E-state index contributed by atoms with van der Waals surface area (Å²) in [6.45, 7) is 7.45. The van der Waals surface area contributed by atoms with Crippen molar-refractivity contribution in [2.24, 2.45) is 11.8 Å². The van der Waals surface area contributed by atoms with Crippen LogP contribution >= 0.6 is 0 Å². The first-order valence-corrected chi connectivity index (χ1v) is 8.32. The summed E-state index contributed by atoms with van der Waals surface area (Å²) < 4.78 is 5.47. The number of aryl methyl sites for hydroxylation is 1. The van der Waals surface area contributed by atoms with Gasteiger partial charge in [0.05, 0.1) is 12.0 Å². The Balaban J connectivity index is 1.79. The molecule has 3 rings (SSSR count). The van der Waals surface area contributed by atoms with Crippen LogP contribution in [0.4, 0.5) is 0 Å². The third-order valence-corrected chi connectivity index (χ3v) is 4.77. The summed E-state index contributed by atoms with van der Waals surface area (Å²) in [5, 5.41) is 13.4. The van der Waals surface area contributed by atoms with Gasteiger partial charge in [0.15, 0.2) is 0 Å². The number of piperidine rings is 1. The van der Waals surface area contributed by atoms with Crippen LogP contribution < -0.4 is 0 Å². The minimum absolute atomic E-state index is 0.0973. The molecule has 1 fully saturated rings. The van der Waals surface area contributed by atoms with Crippen LogP contribution in [-0.2, 0) is 4.79 Å². The maximum atomic E-state index is 11.4. The normalized spacial score (nSPS) is 23.1. The molecule has 2 aromatic rings. The Kier molecular flexibility index (Phi) is 4.66. The van der Waals surface area contributed by atoms with Crippen molar-refractivity contribution in [1.82, 2.24) is 15.0 Å². The van der Waals surface area contributed by atoms with E-state index in [2.05, 4.69) is 22.0 Å². The van der Waals surface area contributed by atoms with Crippen molar-refractivity contribution < 1.29 is 14.4 Å². The van der Waals surface area contributed by atoms with Crippen molar-refractivity contribution in [2.75, 3.05) is 13.1 Å². The fourth-order valence-corrected chi connectivity index (χ4v) is 3.38. The number of nitrogens with zero attached hydrogens (tertiary/aromatic N) is 3. The van der Waals surface area contributed by atoms with Gasteiger partial charge in [-0.15, -0.1) is 0 Å². The van der Waals surface area contributed by atoms with Crippen LogP contribution in [-0.4, -0.2) is 39.2 Å². The van der Waals surface area contributed by atoms with Crippen LogP contribution in [0.1, 0.15) is 37.8 Å². The molecule has 6 heteroatoms. The van der Waals surface area contributed by atoms with E-state index in [1.54, 1.807) is 0 Å².